The lowest BCUT2D eigenvalue weighted by molar-refractivity contribution is 0.628. The quantitative estimate of drug-likeness (QED) is 0.805. The Labute approximate surface area is 110 Å². The second-order valence-corrected chi connectivity index (χ2v) is 4.63. The lowest BCUT2D eigenvalue weighted by Crippen LogP contribution is -1.98. The lowest BCUT2D eigenvalue weighted by Gasteiger charge is -2.03. The van der Waals surface area contributed by atoms with Crippen LogP contribution in [0.3, 0.4) is 0 Å². The van der Waals surface area contributed by atoms with Gasteiger partial charge in [0.2, 0.25) is 0 Å². The van der Waals surface area contributed by atoms with Crippen molar-refractivity contribution in [3.8, 4) is 11.4 Å². The van der Waals surface area contributed by atoms with E-state index in [1.165, 1.54) is 12.1 Å². The van der Waals surface area contributed by atoms with Gasteiger partial charge in [-0.05, 0) is 40.8 Å². The molecular weight excluding hydrogens is 343 g/mol. The number of halogens is 3. The Hall–Kier alpha value is -0.950. The Morgan fingerprint density at radius 2 is 2.12 bits per heavy atom. The second-order valence-electron chi connectivity index (χ2n) is 3.06. The van der Waals surface area contributed by atoms with Gasteiger partial charge in [-0.3, -0.25) is 0 Å². The molecule has 0 fully saturated rings. The zero-order valence-electron chi connectivity index (χ0n) is 7.92. The van der Waals surface area contributed by atoms with Crippen molar-refractivity contribution >= 4 is 40.0 Å². The van der Waals surface area contributed by atoms with Crippen molar-refractivity contribution in [2.24, 2.45) is 0 Å². The van der Waals surface area contributed by atoms with E-state index in [9.17, 15) is 4.39 Å². The first-order valence-corrected chi connectivity index (χ1v) is 5.77. The Kier molecular flexibility index (Phi) is 3.25. The van der Waals surface area contributed by atoms with Crippen LogP contribution in [0.1, 0.15) is 0 Å². The van der Waals surface area contributed by atoms with Crippen molar-refractivity contribution in [3.63, 3.8) is 0 Å². The highest BCUT2D eigenvalue weighted by Gasteiger charge is 2.07. The van der Waals surface area contributed by atoms with Crippen LogP contribution in [-0.2, 0) is 0 Å². The van der Waals surface area contributed by atoms with Crippen LogP contribution in [0.25, 0.3) is 11.4 Å². The maximum absolute atomic E-state index is 13.0. The summed E-state index contributed by atoms with van der Waals surface area (Å²) in [6.45, 7) is 0. The van der Waals surface area contributed by atoms with Crippen LogP contribution in [0.4, 0.5) is 10.2 Å². The normalized spacial score (nSPS) is 10.4. The van der Waals surface area contributed by atoms with E-state index in [1.54, 1.807) is 12.3 Å². The first-order valence-electron chi connectivity index (χ1n) is 4.31. The minimum Gasteiger partial charge on any atom is -0.383 e. The third kappa shape index (κ3) is 2.25. The molecule has 16 heavy (non-hydrogen) atoms. The van der Waals surface area contributed by atoms with Crippen LogP contribution >= 0.6 is 34.2 Å². The van der Waals surface area contributed by atoms with Crippen molar-refractivity contribution in [3.05, 3.63) is 38.8 Å². The second kappa shape index (κ2) is 4.50. The molecule has 0 bridgehead atoms. The molecule has 2 rings (SSSR count). The fourth-order valence-electron chi connectivity index (χ4n) is 1.15. The minimum absolute atomic E-state index is 0.0400. The number of nitrogens with zero attached hydrogens (tertiary/aromatic N) is 2. The van der Waals surface area contributed by atoms with Crippen LogP contribution < -0.4 is 5.73 Å². The van der Waals surface area contributed by atoms with Crippen molar-refractivity contribution in [1.82, 2.24) is 9.97 Å². The van der Waals surface area contributed by atoms with Crippen LogP contribution in [0.15, 0.2) is 24.4 Å². The molecule has 0 unspecified atom stereocenters. The largest absolute Gasteiger partial charge is 0.383 e. The summed E-state index contributed by atoms with van der Waals surface area (Å²) in [4.78, 5) is 8.19. The summed E-state index contributed by atoms with van der Waals surface area (Å²) in [7, 11) is 0. The van der Waals surface area contributed by atoms with Crippen molar-refractivity contribution in [2.45, 2.75) is 0 Å². The monoisotopic (exact) mass is 349 g/mol. The number of nitrogen functional groups attached to an aromatic ring is 1. The van der Waals surface area contributed by atoms with Gasteiger partial charge in [0.05, 0.1) is 8.59 Å². The zero-order valence-corrected chi connectivity index (χ0v) is 10.8. The minimum atomic E-state index is -0.469. The van der Waals surface area contributed by atoms with Gasteiger partial charge in [-0.2, -0.15) is 0 Å². The van der Waals surface area contributed by atoms with Crippen LogP contribution in [-0.4, -0.2) is 9.97 Å². The van der Waals surface area contributed by atoms with E-state index < -0.39 is 5.82 Å². The molecule has 0 radical (unpaired) electrons. The molecule has 2 aromatic rings. The zero-order chi connectivity index (χ0) is 11.7. The first kappa shape index (κ1) is 11.5. The molecule has 0 aliphatic rings. The summed E-state index contributed by atoms with van der Waals surface area (Å²) in [6, 6.07) is 4.30. The Balaban J connectivity index is 2.50. The smallest absolute Gasteiger partial charge is 0.161 e. The molecule has 1 heterocycles. The number of hydrogen-bond acceptors (Lipinski definition) is 3. The molecule has 0 spiro atoms. The molecule has 6 heteroatoms. The molecule has 0 aliphatic heterocycles. The van der Waals surface area contributed by atoms with Gasteiger partial charge in [-0.1, -0.05) is 11.6 Å². The van der Waals surface area contributed by atoms with E-state index in [4.69, 9.17) is 17.3 Å². The summed E-state index contributed by atoms with van der Waals surface area (Å²) in [5.74, 6) is 0.356. The van der Waals surface area contributed by atoms with Crippen LogP contribution in [0.2, 0.25) is 5.02 Å². The average Bonchev–Trinajstić information content (AvgIpc) is 2.26. The number of hydrogen-bond donors (Lipinski definition) is 1. The van der Waals surface area contributed by atoms with E-state index >= 15 is 0 Å². The fraction of sp³-hybridized carbons (Fsp3) is 0. The average molecular weight is 350 g/mol. The van der Waals surface area contributed by atoms with Crippen molar-refractivity contribution in [1.29, 1.82) is 0 Å². The molecule has 0 atom stereocenters. The van der Waals surface area contributed by atoms with Gasteiger partial charge < -0.3 is 5.73 Å². The molecule has 3 nitrogen and oxygen atoms in total. The highest BCUT2D eigenvalue weighted by atomic mass is 127. The molecule has 82 valence electrons. The predicted molar refractivity (Wildman–Crippen MR) is 69.6 cm³/mol. The molecule has 0 amide bonds. The number of aromatic nitrogens is 2. The number of rotatable bonds is 1. The number of anilines is 1. The van der Waals surface area contributed by atoms with E-state index in [0.29, 0.717) is 17.2 Å². The number of benzene rings is 1. The van der Waals surface area contributed by atoms with Gasteiger partial charge in [-0.15, -0.1) is 0 Å². The van der Waals surface area contributed by atoms with Crippen molar-refractivity contribution in [2.75, 3.05) is 5.73 Å². The standard InChI is InChI=1S/C10H6ClFIN3/c11-6-3-5(1-2-7(6)12)10-15-4-8(13)9(14)16-10/h1-4H,(H2,14,15,16). The maximum Gasteiger partial charge on any atom is 0.161 e. The topological polar surface area (TPSA) is 51.8 Å². The molecule has 0 saturated carbocycles. The summed E-state index contributed by atoms with van der Waals surface area (Å²) >= 11 is 7.71. The Bertz CT molecular complexity index is 498. The van der Waals surface area contributed by atoms with Crippen LogP contribution in [0.5, 0.6) is 0 Å². The molecule has 0 saturated heterocycles. The van der Waals surface area contributed by atoms with Crippen LogP contribution in [0, 0.1) is 9.39 Å². The molecule has 1 aromatic heterocycles. The van der Waals surface area contributed by atoms with Gasteiger partial charge in [0.15, 0.2) is 5.82 Å². The third-order valence-corrected chi connectivity index (χ3v) is 3.07. The molecular formula is C10H6ClFIN3. The Morgan fingerprint density at radius 1 is 1.38 bits per heavy atom. The molecule has 0 aliphatic carbocycles. The number of nitrogens with two attached hydrogens (primary N) is 1. The van der Waals surface area contributed by atoms with Gasteiger partial charge in [0.1, 0.15) is 11.6 Å². The van der Waals surface area contributed by atoms with Gasteiger partial charge in [-0.25, -0.2) is 14.4 Å². The van der Waals surface area contributed by atoms with Gasteiger partial charge in [0.25, 0.3) is 0 Å². The highest BCUT2D eigenvalue weighted by molar-refractivity contribution is 14.1. The van der Waals surface area contributed by atoms with Gasteiger partial charge >= 0.3 is 0 Å². The highest BCUT2D eigenvalue weighted by Crippen LogP contribution is 2.23. The summed E-state index contributed by atoms with van der Waals surface area (Å²) < 4.78 is 13.7. The van der Waals surface area contributed by atoms with E-state index in [1.807, 2.05) is 22.6 Å². The maximum atomic E-state index is 13.0. The summed E-state index contributed by atoms with van der Waals surface area (Å²) in [6.07, 6.45) is 1.61. The lowest BCUT2D eigenvalue weighted by atomic mass is 10.2. The van der Waals surface area contributed by atoms with E-state index in [0.717, 1.165) is 3.57 Å². The summed E-state index contributed by atoms with van der Waals surface area (Å²) in [5.41, 5.74) is 6.29. The Morgan fingerprint density at radius 3 is 2.75 bits per heavy atom. The third-order valence-electron chi connectivity index (χ3n) is 1.95. The fourth-order valence-corrected chi connectivity index (χ4v) is 1.60. The summed E-state index contributed by atoms with van der Waals surface area (Å²) in [5, 5.41) is 0.0400. The van der Waals surface area contributed by atoms with Gasteiger partial charge in [0, 0.05) is 11.8 Å². The molecule has 1 aromatic carbocycles. The van der Waals surface area contributed by atoms with E-state index in [-0.39, 0.29) is 5.02 Å². The first-order chi connectivity index (χ1) is 7.58. The van der Waals surface area contributed by atoms with Crippen molar-refractivity contribution < 1.29 is 4.39 Å². The molecule has 2 N–H and O–H groups in total. The SMILES string of the molecule is Nc1nc(-c2ccc(F)c(Cl)c2)ncc1I. The van der Waals surface area contributed by atoms with E-state index in [2.05, 4.69) is 9.97 Å². The predicted octanol–water partition coefficient (Wildman–Crippen LogP) is 3.12.